The highest BCUT2D eigenvalue weighted by atomic mass is 32.2. The van der Waals surface area contributed by atoms with Gasteiger partial charge in [-0.15, -0.1) is 0 Å². The van der Waals surface area contributed by atoms with Gasteiger partial charge in [0, 0.05) is 0 Å². The first kappa shape index (κ1) is 9.64. The van der Waals surface area contributed by atoms with E-state index in [4.69, 9.17) is 9.88 Å². The van der Waals surface area contributed by atoms with Gasteiger partial charge in [0.1, 0.15) is 6.10 Å². The Kier molecular flexibility index (Phi) is 2.10. The van der Waals surface area contributed by atoms with Gasteiger partial charge in [-0.1, -0.05) is 12.1 Å². The molecule has 0 aromatic heterocycles. The lowest BCUT2D eigenvalue weighted by Gasteiger charge is -2.04. The molecule has 0 saturated carbocycles. The number of epoxide rings is 1. The van der Waals surface area contributed by atoms with Crippen molar-refractivity contribution in [1.29, 1.82) is 0 Å². The lowest BCUT2D eigenvalue weighted by molar-refractivity contribution is 0.415. The van der Waals surface area contributed by atoms with E-state index in [1.807, 2.05) is 6.07 Å². The fourth-order valence-corrected chi connectivity index (χ4v) is 2.18. The third-order valence-electron chi connectivity index (χ3n) is 2.22. The Bertz CT molecular complexity index is 463. The maximum Gasteiger partial charge on any atom is 0.238 e. The Hall–Kier alpha value is -0.910. The van der Waals surface area contributed by atoms with Gasteiger partial charge in [0.15, 0.2) is 0 Å². The van der Waals surface area contributed by atoms with E-state index in [2.05, 4.69) is 0 Å². The minimum Gasteiger partial charge on any atom is -0.368 e. The summed E-state index contributed by atoms with van der Waals surface area (Å²) in [5.74, 6) is 0. The second-order valence-electron chi connectivity index (χ2n) is 3.39. The Labute approximate surface area is 82.7 Å². The molecule has 4 nitrogen and oxygen atoms in total. The molecule has 0 aliphatic carbocycles. The fourth-order valence-electron chi connectivity index (χ4n) is 1.36. The van der Waals surface area contributed by atoms with Gasteiger partial charge < -0.3 is 4.74 Å². The zero-order valence-corrected chi connectivity index (χ0v) is 8.54. The third-order valence-corrected chi connectivity index (χ3v) is 3.28. The molecule has 14 heavy (non-hydrogen) atoms. The van der Waals surface area contributed by atoms with E-state index in [1.54, 1.807) is 19.1 Å². The molecule has 76 valence electrons. The van der Waals surface area contributed by atoms with Crippen LogP contribution in [0.25, 0.3) is 0 Å². The van der Waals surface area contributed by atoms with Crippen molar-refractivity contribution in [2.75, 3.05) is 6.61 Å². The van der Waals surface area contributed by atoms with E-state index in [0.29, 0.717) is 12.2 Å². The van der Waals surface area contributed by atoms with Crippen molar-refractivity contribution in [2.24, 2.45) is 5.14 Å². The minimum absolute atomic E-state index is 0.0519. The van der Waals surface area contributed by atoms with E-state index in [-0.39, 0.29) is 11.0 Å². The topological polar surface area (TPSA) is 72.7 Å². The van der Waals surface area contributed by atoms with E-state index >= 15 is 0 Å². The zero-order valence-electron chi connectivity index (χ0n) is 7.73. The highest BCUT2D eigenvalue weighted by Crippen LogP contribution is 2.31. The van der Waals surface area contributed by atoms with Crippen molar-refractivity contribution in [1.82, 2.24) is 0 Å². The SMILES string of the molecule is Cc1ccc(C2CO2)cc1S(N)(=O)=O. The van der Waals surface area contributed by atoms with Gasteiger partial charge in [-0.3, -0.25) is 0 Å². The molecule has 2 rings (SSSR count). The van der Waals surface area contributed by atoms with Crippen LogP contribution in [0.1, 0.15) is 17.2 Å². The number of rotatable bonds is 2. The highest BCUT2D eigenvalue weighted by molar-refractivity contribution is 7.89. The first-order valence-corrected chi connectivity index (χ1v) is 5.78. The molecule has 1 aliphatic heterocycles. The van der Waals surface area contributed by atoms with Gasteiger partial charge in [0.05, 0.1) is 11.5 Å². The van der Waals surface area contributed by atoms with Crippen LogP contribution in [0, 0.1) is 6.92 Å². The van der Waals surface area contributed by atoms with Crippen LogP contribution in [-0.4, -0.2) is 15.0 Å². The number of aryl methyl sites for hydroxylation is 1. The number of ether oxygens (including phenoxy) is 1. The Balaban J connectivity index is 2.52. The lowest BCUT2D eigenvalue weighted by atomic mass is 10.1. The number of nitrogens with two attached hydrogens (primary N) is 1. The van der Waals surface area contributed by atoms with E-state index < -0.39 is 10.0 Å². The molecule has 0 radical (unpaired) electrons. The molecule has 1 aliphatic rings. The molecule has 1 unspecified atom stereocenters. The smallest absolute Gasteiger partial charge is 0.238 e. The maximum absolute atomic E-state index is 11.2. The predicted octanol–water partition coefficient (Wildman–Crippen LogP) is 0.714. The van der Waals surface area contributed by atoms with Crippen molar-refractivity contribution in [3.63, 3.8) is 0 Å². The molecule has 0 bridgehead atoms. The number of hydrogen-bond donors (Lipinski definition) is 1. The summed E-state index contributed by atoms with van der Waals surface area (Å²) in [6, 6.07) is 5.20. The molecule has 0 spiro atoms. The number of sulfonamides is 1. The quantitative estimate of drug-likeness (QED) is 0.735. The molecule has 1 heterocycles. The van der Waals surface area contributed by atoms with Crippen LogP contribution in [0.15, 0.2) is 23.1 Å². The minimum atomic E-state index is -3.62. The number of hydrogen-bond acceptors (Lipinski definition) is 3. The predicted molar refractivity (Wildman–Crippen MR) is 51.2 cm³/mol. The average Bonchev–Trinajstić information content (AvgIpc) is 2.85. The number of primary sulfonamides is 1. The van der Waals surface area contributed by atoms with E-state index in [1.165, 1.54) is 0 Å². The van der Waals surface area contributed by atoms with Gasteiger partial charge in [-0.05, 0) is 24.1 Å². The van der Waals surface area contributed by atoms with Crippen LogP contribution in [0.3, 0.4) is 0 Å². The summed E-state index contributed by atoms with van der Waals surface area (Å²) in [7, 11) is -3.62. The summed E-state index contributed by atoms with van der Waals surface area (Å²) in [5.41, 5.74) is 1.54. The summed E-state index contributed by atoms with van der Waals surface area (Å²) >= 11 is 0. The Morgan fingerprint density at radius 1 is 1.50 bits per heavy atom. The second-order valence-corrected chi connectivity index (χ2v) is 4.92. The summed E-state index contributed by atoms with van der Waals surface area (Å²) in [4.78, 5) is 0.186. The van der Waals surface area contributed by atoms with Gasteiger partial charge in [-0.25, -0.2) is 13.6 Å². The molecule has 5 heteroatoms. The second kappa shape index (κ2) is 3.05. The van der Waals surface area contributed by atoms with Crippen LogP contribution >= 0.6 is 0 Å². The van der Waals surface area contributed by atoms with Gasteiger partial charge in [0.2, 0.25) is 10.0 Å². The van der Waals surface area contributed by atoms with Crippen molar-refractivity contribution < 1.29 is 13.2 Å². The monoisotopic (exact) mass is 213 g/mol. The summed E-state index contributed by atoms with van der Waals surface area (Å²) < 4.78 is 27.4. The van der Waals surface area contributed by atoms with Crippen molar-refractivity contribution in [2.45, 2.75) is 17.9 Å². The van der Waals surface area contributed by atoms with E-state index in [9.17, 15) is 8.42 Å². The molecule has 1 aromatic carbocycles. The first-order chi connectivity index (χ1) is 6.48. The van der Waals surface area contributed by atoms with E-state index in [0.717, 1.165) is 5.56 Å². The largest absolute Gasteiger partial charge is 0.368 e. The van der Waals surface area contributed by atoms with Crippen LogP contribution < -0.4 is 5.14 Å². The highest BCUT2D eigenvalue weighted by Gasteiger charge is 2.26. The summed E-state index contributed by atoms with van der Waals surface area (Å²) in [5, 5.41) is 5.08. The standard InChI is InChI=1S/C9H11NO3S/c1-6-2-3-7(8-5-13-8)4-9(6)14(10,11)12/h2-4,8H,5H2,1H3,(H2,10,11,12). The molecule has 0 amide bonds. The lowest BCUT2D eigenvalue weighted by Crippen LogP contribution is -2.13. The Morgan fingerprint density at radius 2 is 2.14 bits per heavy atom. The maximum atomic E-state index is 11.2. The molecule has 1 saturated heterocycles. The molecular weight excluding hydrogens is 202 g/mol. The van der Waals surface area contributed by atoms with Gasteiger partial charge in [-0.2, -0.15) is 0 Å². The zero-order chi connectivity index (χ0) is 10.3. The first-order valence-electron chi connectivity index (χ1n) is 4.23. The molecular formula is C9H11NO3S. The average molecular weight is 213 g/mol. The van der Waals surface area contributed by atoms with Crippen molar-refractivity contribution in [3.05, 3.63) is 29.3 Å². The van der Waals surface area contributed by atoms with Crippen molar-refractivity contribution in [3.8, 4) is 0 Å². The molecule has 1 aromatic rings. The van der Waals surface area contributed by atoms with Gasteiger partial charge in [0.25, 0.3) is 0 Å². The third kappa shape index (κ3) is 1.79. The number of benzene rings is 1. The normalized spacial score (nSPS) is 20.9. The fraction of sp³-hybridized carbons (Fsp3) is 0.333. The van der Waals surface area contributed by atoms with Crippen LogP contribution in [0.5, 0.6) is 0 Å². The summed E-state index contributed by atoms with van der Waals surface area (Å²) in [6.45, 7) is 2.38. The van der Waals surface area contributed by atoms with Crippen molar-refractivity contribution >= 4 is 10.0 Å². The van der Waals surface area contributed by atoms with Gasteiger partial charge >= 0.3 is 0 Å². The van der Waals surface area contributed by atoms with Crippen LogP contribution in [-0.2, 0) is 14.8 Å². The molecule has 2 N–H and O–H groups in total. The molecule has 1 fully saturated rings. The van der Waals surface area contributed by atoms with Crippen LogP contribution in [0.2, 0.25) is 0 Å². The Morgan fingerprint density at radius 3 is 2.64 bits per heavy atom. The van der Waals surface area contributed by atoms with Crippen LogP contribution in [0.4, 0.5) is 0 Å². The summed E-state index contributed by atoms with van der Waals surface area (Å²) in [6.07, 6.45) is 0.0519. The molecule has 1 atom stereocenters.